The third kappa shape index (κ3) is 4.00. The Hall–Kier alpha value is -1.50. The van der Waals surface area contributed by atoms with Gasteiger partial charge in [-0.05, 0) is 25.2 Å². The summed E-state index contributed by atoms with van der Waals surface area (Å²) in [5, 5.41) is 3.25. The summed E-state index contributed by atoms with van der Waals surface area (Å²) >= 11 is 0. The van der Waals surface area contributed by atoms with Gasteiger partial charge in [0.05, 0.1) is 12.7 Å². The van der Waals surface area contributed by atoms with Crippen LogP contribution in [0.25, 0.3) is 0 Å². The van der Waals surface area contributed by atoms with E-state index in [2.05, 4.69) is 5.32 Å². The Morgan fingerprint density at radius 1 is 1.60 bits per heavy atom. The summed E-state index contributed by atoms with van der Waals surface area (Å²) in [5.74, 6) is -0.877. The zero-order valence-electron chi connectivity index (χ0n) is 11.6. The molecule has 0 radical (unpaired) electrons. The largest absolute Gasteiger partial charge is 0.374 e. The fourth-order valence-electron chi connectivity index (χ4n) is 2.29. The lowest BCUT2D eigenvalue weighted by atomic mass is 10.1. The smallest absolute Gasteiger partial charge is 0.248 e. The number of hydrogen-bond donors (Lipinski definition) is 2. The Morgan fingerprint density at radius 3 is 3.05 bits per heavy atom. The number of rotatable bonds is 5. The molecule has 1 atom stereocenters. The number of carbonyl (C=O) groups is 1. The minimum Gasteiger partial charge on any atom is -0.374 e. The number of likely N-dealkylation sites (N-methyl/N-ethyl adjacent to an activating group) is 1. The van der Waals surface area contributed by atoms with E-state index in [-0.39, 0.29) is 11.9 Å². The maximum absolute atomic E-state index is 13.7. The third-order valence-electron chi connectivity index (χ3n) is 3.29. The van der Waals surface area contributed by atoms with E-state index in [9.17, 15) is 9.18 Å². The van der Waals surface area contributed by atoms with Crippen molar-refractivity contribution in [3.63, 3.8) is 0 Å². The number of ether oxygens (including phenoxy) is 1. The molecule has 1 aromatic rings. The molecular formula is C14H20FN3O2. The highest BCUT2D eigenvalue weighted by Crippen LogP contribution is 2.13. The topological polar surface area (TPSA) is 67.6 Å². The van der Waals surface area contributed by atoms with Crippen molar-refractivity contribution in [2.45, 2.75) is 12.6 Å². The number of carbonyl (C=O) groups excluding carboxylic acids is 1. The van der Waals surface area contributed by atoms with E-state index in [0.29, 0.717) is 30.8 Å². The SMILES string of the molecule is CN(Cc1cc(C(N)=O)ccc1F)CC1CNCCO1. The number of hydrogen-bond acceptors (Lipinski definition) is 4. The van der Waals surface area contributed by atoms with Crippen molar-refractivity contribution in [3.8, 4) is 0 Å². The Balaban J connectivity index is 1.97. The number of primary amides is 1. The molecule has 20 heavy (non-hydrogen) atoms. The second kappa shape index (κ2) is 6.78. The molecule has 1 fully saturated rings. The Morgan fingerprint density at radius 2 is 2.40 bits per heavy atom. The van der Waals surface area contributed by atoms with Gasteiger partial charge in [-0.2, -0.15) is 0 Å². The molecule has 0 aliphatic carbocycles. The molecule has 5 nitrogen and oxygen atoms in total. The first-order valence-electron chi connectivity index (χ1n) is 6.65. The maximum Gasteiger partial charge on any atom is 0.248 e. The van der Waals surface area contributed by atoms with Crippen molar-refractivity contribution in [1.82, 2.24) is 10.2 Å². The highest BCUT2D eigenvalue weighted by molar-refractivity contribution is 5.92. The van der Waals surface area contributed by atoms with Crippen LogP contribution in [-0.2, 0) is 11.3 Å². The van der Waals surface area contributed by atoms with Crippen LogP contribution in [0, 0.1) is 5.82 Å². The van der Waals surface area contributed by atoms with Crippen LogP contribution in [-0.4, -0.2) is 50.2 Å². The molecule has 0 aromatic heterocycles. The number of nitrogens with two attached hydrogens (primary N) is 1. The van der Waals surface area contributed by atoms with E-state index >= 15 is 0 Å². The van der Waals surface area contributed by atoms with E-state index < -0.39 is 5.91 Å². The molecule has 1 aliphatic heterocycles. The summed E-state index contributed by atoms with van der Waals surface area (Å²) in [6.07, 6.45) is 0.108. The Kier molecular flexibility index (Phi) is 5.05. The van der Waals surface area contributed by atoms with E-state index in [1.54, 1.807) is 0 Å². The molecule has 0 saturated carbocycles. The summed E-state index contributed by atoms with van der Waals surface area (Å²) in [6, 6.07) is 4.19. The monoisotopic (exact) mass is 281 g/mol. The van der Waals surface area contributed by atoms with Crippen molar-refractivity contribution >= 4 is 5.91 Å². The average Bonchev–Trinajstić information content (AvgIpc) is 2.42. The number of nitrogens with one attached hydrogen (secondary N) is 1. The second-order valence-corrected chi connectivity index (χ2v) is 5.06. The molecule has 1 aromatic carbocycles. The number of benzene rings is 1. The van der Waals surface area contributed by atoms with E-state index in [0.717, 1.165) is 13.1 Å². The first-order chi connectivity index (χ1) is 9.56. The Bertz CT molecular complexity index is 475. The predicted molar refractivity (Wildman–Crippen MR) is 73.9 cm³/mol. The van der Waals surface area contributed by atoms with Crippen LogP contribution in [0.15, 0.2) is 18.2 Å². The normalized spacial score (nSPS) is 19.2. The minimum absolute atomic E-state index is 0.108. The maximum atomic E-state index is 13.7. The molecule has 6 heteroatoms. The molecule has 0 spiro atoms. The van der Waals surface area contributed by atoms with Gasteiger partial charge in [0.25, 0.3) is 0 Å². The van der Waals surface area contributed by atoms with Gasteiger partial charge >= 0.3 is 0 Å². The van der Waals surface area contributed by atoms with Crippen molar-refractivity contribution in [2.24, 2.45) is 5.73 Å². The van der Waals surface area contributed by atoms with Crippen molar-refractivity contribution < 1.29 is 13.9 Å². The van der Waals surface area contributed by atoms with Crippen molar-refractivity contribution in [1.29, 1.82) is 0 Å². The molecule has 1 aliphatic rings. The van der Waals surface area contributed by atoms with Gasteiger partial charge in [-0.3, -0.25) is 9.69 Å². The van der Waals surface area contributed by atoms with Crippen LogP contribution < -0.4 is 11.1 Å². The Labute approximate surface area is 117 Å². The number of amides is 1. The standard InChI is InChI=1S/C14H20FN3O2/c1-18(9-12-7-17-4-5-20-12)8-11-6-10(14(16)19)2-3-13(11)15/h2-3,6,12,17H,4-5,7-9H2,1H3,(H2,16,19). The first kappa shape index (κ1) is 14.9. The minimum atomic E-state index is -0.547. The molecule has 3 N–H and O–H groups in total. The summed E-state index contributed by atoms with van der Waals surface area (Å²) in [4.78, 5) is 13.1. The van der Waals surface area contributed by atoms with Crippen LogP contribution in [0.1, 0.15) is 15.9 Å². The van der Waals surface area contributed by atoms with Crippen LogP contribution >= 0.6 is 0 Å². The lowest BCUT2D eigenvalue weighted by Gasteiger charge is -2.28. The second-order valence-electron chi connectivity index (χ2n) is 5.06. The van der Waals surface area contributed by atoms with E-state index in [1.807, 2.05) is 11.9 Å². The van der Waals surface area contributed by atoms with Crippen LogP contribution in [0.2, 0.25) is 0 Å². The summed E-state index contributed by atoms with van der Waals surface area (Å²) < 4.78 is 19.4. The summed E-state index contributed by atoms with van der Waals surface area (Å²) in [7, 11) is 1.90. The van der Waals surface area contributed by atoms with Gasteiger partial charge in [0.2, 0.25) is 5.91 Å². The van der Waals surface area contributed by atoms with Crippen LogP contribution in [0.5, 0.6) is 0 Å². The highest BCUT2D eigenvalue weighted by atomic mass is 19.1. The molecular weight excluding hydrogens is 261 g/mol. The third-order valence-corrected chi connectivity index (χ3v) is 3.29. The predicted octanol–water partition coefficient (Wildman–Crippen LogP) is 0.345. The van der Waals surface area contributed by atoms with Crippen molar-refractivity contribution in [3.05, 3.63) is 35.1 Å². The molecule has 1 amide bonds. The lowest BCUT2D eigenvalue weighted by Crippen LogP contribution is -2.44. The molecule has 0 bridgehead atoms. The molecule has 1 saturated heterocycles. The molecule has 1 heterocycles. The van der Waals surface area contributed by atoms with Crippen molar-refractivity contribution in [2.75, 3.05) is 33.3 Å². The zero-order valence-corrected chi connectivity index (χ0v) is 11.6. The van der Waals surface area contributed by atoms with Gasteiger partial charge in [0.15, 0.2) is 0 Å². The van der Waals surface area contributed by atoms with Gasteiger partial charge in [0, 0.05) is 37.3 Å². The zero-order chi connectivity index (χ0) is 14.5. The number of halogens is 1. The average molecular weight is 281 g/mol. The lowest BCUT2D eigenvalue weighted by molar-refractivity contribution is 0.00870. The number of nitrogens with zero attached hydrogens (tertiary/aromatic N) is 1. The van der Waals surface area contributed by atoms with Gasteiger partial charge in [0.1, 0.15) is 5.82 Å². The highest BCUT2D eigenvalue weighted by Gasteiger charge is 2.16. The van der Waals surface area contributed by atoms with Gasteiger partial charge in [-0.15, -0.1) is 0 Å². The van der Waals surface area contributed by atoms with Gasteiger partial charge in [-0.1, -0.05) is 0 Å². The molecule has 2 rings (SSSR count). The fourth-order valence-corrected chi connectivity index (χ4v) is 2.29. The first-order valence-corrected chi connectivity index (χ1v) is 6.65. The number of morpholine rings is 1. The van der Waals surface area contributed by atoms with Gasteiger partial charge in [-0.25, -0.2) is 4.39 Å². The van der Waals surface area contributed by atoms with Gasteiger partial charge < -0.3 is 15.8 Å². The van der Waals surface area contributed by atoms with E-state index in [4.69, 9.17) is 10.5 Å². The van der Waals surface area contributed by atoms with E-state index in [1.165, 1.54) is 18.2 Å². The summed E-state index contributed by atoms with van der Waals surface area (Å²) in [6.45, 7) is 3.48. The summed E-state index contributed by atoms with van der Waals surface area (Å²) in [5.41, 5.74) is 6.00. The molecule has 110 valence electrons. The fraction of sp³-hybridized carbons (Fsp3) is 0.500. The quantitative estimate of drug-likeness (QED) is 0.817. The molecule has 1 unspecified atom stereocenters. The van der Waals surface area contributed by atoms with Crippen LogP contribution in [0.3, 0.4) is 0 Å². The van der Waals surface area contributed by atoms with Crippen LogP contribution in [0.4, 0.5) is 4.39 Å².